The van der Waals surface area contributed by atoms with Gasteiger partial charge in [-0.05, 0) is 18.3 Å². The maximum atomic E-state index is 3.65. The molecular formula is C10H20N2. The van der Waals surface area contributed by atoms with Gasteiger partial charge in [-0.25, -0.2) is 0 Å². The van der Waals surface area contributed by atoms with Gasteiger partial charge in [0.2, 0.25) is 0 Å². The van der Waals surface area contributed by atoms with E-state index in [4.69, 9.17) is 0 Å². The molecule has 3 fully saturated rings. The molecule has 3 saturated heterocycles. The highest BCUT2D eigenvalue weighted by molar-refractivity contribution is 4.99. The fraction of sp³-hybridized carbons (Fsp3) is 1.00. The van der Waals surface area contributed by atoms with Crippen molar-refractivity contribution >= 4 is 0 Å². The van der Waals surface area contributed by atoms with Gasteiger partial charge in [0.25, 0.3) is 0 Å². The third kappa shape index (κ3) is 1.50. The van der Waals surface area contributed by atoms with Gasteiger partial charge in [0.15, 0.2) is 0 Å². The van der Waals surface area contributed by atoms with Gasteiger partial charge in [-0.15, -0.1) is 0 Å². The molecule has 0 aromatic rings. The van der Waals surface area contributed by atoms with E-state index < -0.39 is 0 Å². The minimum absolute atomic E-state index is 0.416. The molecule has 0 aromatic carbocycles. The minimum atomic E-state index is 0.416. The lowest BCUT2D eigenvalue weighted by Gasteiger charge is -2.35. The molecule has 2 N–H and O–H groups in total. The first-order valence-electron chi connectivity index (χ1n) is 5.05. The molecule has 0 radical (unpaired) electrons. The number of fused-ring (bicyclic) bond motifs is 3. The topological polar surface area (TPSA) is 24.1 Å². The third-order valence-electron chi connectivity index (χ3n) is 3.22. The summed E-state index contributed by atoms with van der Waals surface area (Å²) in [6, 6.07) is 2.26. The lowest BCUT2D eigenvalue weighted by atomic mass is 9.82. The van der Waals surface area contributed by atoms with E-state index in [1.54, 1.807) is 0 Å². The van der Waals surface area contributed by atoms with E-state index >= 15 is 0 Å². The highest BCUT2D eigenvalue weighted by Gasteiger charge is 2.37. The van der Waals surface area contributed by atoms with E-state index in [0.717, 1.165) is 12.1 Å². The Balaban J connectivity index is 1.99. The van der Waals surface area contributed by atoms with Crippen molar-refractivity contribution in [2.45, 2.75) is 51.7 Å². The summed E-state index contributed by atoms with van der Waals surface area (Å²) in [4.78, 5) is 0. The molecule has 3 aliphatic heterocycles. The fourth-order valence-electron chi connectivity index (χ4n) is 2.27. The summed E-state index contributed by atoms with van der Waals surface area (Å²) in [7, 11) is 0. The van der Waals surface area contributed by atoms with Crippen LogP contribution >= 0.6 is 0 Å². The second-order valence-electron chi connectivity index (χ2n) is 5.36. The minimum Gasteiger partial charge on any atom is -0.312 e. The van der Waals surface area contributed by atoms with Crippen LogP contribution in [0.3, 0.4) is 0 Å². The smallest absolute Gasteiger partial charge is 0.0210 e. The summed E-state index contributed by atoms with van der Waals surface area (Å²) in [6.45, 7) is 8.15. The van der Waals surface area contributed by atoms with Gasteiger partial charge in [0, 0.05) is 24.7 Å². The normalized spacial score (nSPS) is 41.8. The van der Waals surface area contributed by atoms with Crippen LogP contribution in [-0.4, -0.2) is 24.7 Å². The van der Waals surface area contributed by atoms with Crippen LogP contribution in [0.15, 0.2) is 0 Å². The molecule has 3 unspecified atom stereocenters. The first-order chi connectivity index (χ1) is 5.55. The summed E-state index contributed by atoms with van der Waals surface area (Å²) >= 11 is 0. The largest absolute Gasteiger partial charge is 0.312 e. The van der Waals surface area contributed by atoms with Crippen molar-refractivity contribution in [3.8, 4) is 0 Å². The van der Waals surface area contributed by atoms with Gasteiger partial charge in [-0.1, -0.05) is 20.8 Å². The van der Waals surface area contributed by atoms with E-state index in [1.165, 1.54) is 19.4 Å². The molecule has 0 spiro atoms. The fourth-order valence-corrected chi connectivity index (χ4v) is 2.27. The van der Waals surface area contributed by atoms with Crippen molar-refractivity contribution in [2.24, 2.45) is 5.41 Å². The molecule has 12 heavy (non-hydrogen) atoms. The van der Waals surface area contributed by atoms with Gasteiger partial charge in [-0.2, -0.15) is 0 Å². The number of nitrogens with one attached hydrogen (secondary N) is 2. The molecule has 0 saturated carbocycles. The summed E-state index contributed by atoms with van der Waals surface area (Å²) in [5, 5.41) is 7.23. The standard InChI is InChI=1S/C10H20N2/c1-10(2,3)9-5-7-4-8(12-7)6-11-9/h7-9,11-12H,4-6H2,1-3H3. The second-order valence-corrected chi connectivity index (χ2v) is 5.36. The summed E-state index contributed by atoms with van der Waals surface area (Å²) in [6.07, 6.45) is 2.69. The van der Waals surface area contributed by atoms with Gasteiger partial charge < -0.3 is 10.6 Å². The van der Waals surface area contributed by atoms with Crippen LogP contribution in [0, 0.1) is 5.41 Å². The number of hydrogen-bond donors (Lipinski definition) is 2. The lowest BCUT2D eigenvalue weighted by Crippen LogP contribution is -2.53. The van der Waals surface area contributed by atoms with Crippen LogP contribution < -0.4 is 10.6 Å². The predicted molar refractivity (Wildman–Crippen MR) is 51.2 cm³/mol. The molecule has 3 rings (SSSR count). The van der Waals surface area contributed by atoms with Gasteiger partial charge in [0.1, 0.15) is 0 Å². The van der Waals surface area contributed by atoms with Gasteiger partial charge in [-0.3, -0.25) is 0 Å². The zero-order valence-electron chi connectivity index (χ0n) is 8.35. The first kappa shape index (κ1) is 8.52. The average molecular weight is 168 g/mol. The van der Waals surface area contributed by atoms with Crippen molar-refractivity contribution in [2.75, 3.05) is 6.54 Å². The quantitative estimate of drug-likeness (QED) is 0.566. The Morgan fingerprint density at radius 1 is 1.08 bits per heavy atom. The van der Waals surface area contributed by atoms with Gasteiger partial charge in [0.05, 0.1) is 0 Å². The molecule has 2 bridgehead atoms. The summed E-state index contributed by atoms with van der Waals surface area (Å²) < 4.78 is 0. The van der Waals surface area contributed by atoms with Crippen molar-refractivity contribution in [3.05, 3.63) is 0 Å². The zero-order valence-corrected chi connectivity index (χ0v) is 8.35. The summed E-state index contributed by atoms with van der Waals surface area (Å²) in [5.74, 6) is 0. The van der Waals surface area contributed by atoms with E-state index in [0.29, 0.717) is 11.5 Å². The Morgan fingerprint density at radius 3 is 2.33 bits per heavy atom. The van der Waals surface area contributed by atoms with Crippen LogP contribution in [0.2, 0.25) is 0 Å². The number of hydrogen-bond acceptors (Lipinski definition) is 2. The van der Waals surface area contributed by atoms with Crippen molar-refractivity contribution in [3.63, 3.8) is 0 Å². The molecule has 70 valence electrons. The molecular weight excluding hydrogens is 148 g/mol. The molecule has 0 amide bonds. The van der Waals surface area contributed by atoms with Crippen molar-refractivity contribution in [1.82, 2.24) is 10.6 Å². The van der Waals surface area contributed by atoms with Crippen LogP contribution in [0.1, 0.15) is 33.6 Å². The molecule has 3 aliphatic rings. The first-order valence-corrected chi connectivity index (χ1v) is 5.05. The monoisotopic (exact) mass is 168 g/mol. The third-order valence-corrected chi connectivity index (χ3v) is 3.22. The van der Waals surface area contributed by atoms with Crippen LogP contribution in [0.25, 0.3) is 0 Å². The maximum absolute atomic E-state index is 3.65. The average Bonchev–Trinajstić information content (AvgIpc) is 2.11. The Bertz CT molecular complexity index is 165. The summed E-state index contributed by atoms with van der Waals surface area (Å²) in [5.41, 5.74) is 0.416. The Morgan fingerprint density at radius 2 is 1.75 bits per heavy atom. The molecule has 0 aliphatic carbocycles. The Hall–Kier alpha value is -0.0800. The Labute approximate surface area is 75.1 Å². The van der Waals surface area contributed by atoms with E-state index in [1.807, 2.05) is 0 Å². The van der Waals surface area contributed by atoms with E-state index in [-0.39, 0.29) is 0 Å². The van der Waals surface area contributed by atoms with Gasteiger partial charge >= 0.3 is 0 Å². The van der Waals surface area contributed by atoms with E-state index in [2.05, 4.69) is 31.4 Å². The van der Waals surface area contributed by atoms with Crippen LogP contribution in [0.5, 0.6) is 0 Å². The highest BCUT2D eigenvalue weighted by atomic mass is 15.1. The lowest BCUT2D eigenvalue weighted by molar-refractivity contribution is 0.238. The molecule has 2 heteroatoms. The molecule has 3 atom stereocenters. The second kappa shape index (κ2) is 2.71. The SMILES string of the molecule is CC(C)(C)C1CC2CC(CN1)N2. The van der Waals surface area contributed by atoms with Crippen molar-refractivity contribution < 1.29 is 0 Å². The number of rotatable bonds is 0. The highest BCUT2D eigenvalue weighted by Crippen LogP contribution is 2.29. The van der Waals surface area contributed by atoms with Crippen LogP contribution in [-0.2, 0) is 0 Å². The molecule has 0 aromatic heterocycles. The van der Waals surface area contributed by atoms with Crippen molar-refractivity contribution in [1.29, 1.82) is 0 Å². The zero-order chi connectivity index (χ0) is 8.77. The predicted octanol–water partition coefficient (Wildman–Crippen LogP) is 1.12. The molecule has 2 nitrogen and oxygen atoms in total. The van der Waals surface area contributed by atoms with E-state index in [9.17, 15) is 0 Å². The Kier molecular flexibility index (Phi) is 1.92. The van der Waals surface area contributed by atoms with Crippen LogP contribution in [0.4, 0.5) is 0 Å². The maximum Gasteiger partial charge on any atom is 0.0210 e. The molecule has 3 heterocycles.